The second-order valence-corrected chi connectivity index (χ2v) is 7.61. The van der Waals surface area contributed by atoms with E-state index in [0.29, 0.717) is 0 Å². The molecule has 0 saturated carbocycles. The van der Waals surface area contributed by atoms with Gasteiger partial charge in [-0.25, -0.2) is 0 Å². The van der Waals surface area contributed by atoms with Crippen molar-refractivity contribution in [1.29, 1.82) is 0 Å². The second-order valence-electron chi connectivity index (χ2n) is 5.39. The number of hydrogen-bond acceptors (Lipinski definition) is 4. The van der Waals surface area contributed by atoms with Crippen molar-refractivity contribution in [2.24, 2.45) is 0 Å². The number of ether oxygens (including phenoxy) is 2. The predicted molar refractivity (Wildman–Crippen MR) is 96.1 cm³/mol. The molecular weight excluding hydrogens is 312 g/mol. The van der Waals surface area contributed by atoms with E-state index in [4.69, 9.17) is 9.47 Å². The Hall–Kier alpha value is -1.26. The molecule has 0 N–H and O–H groups in total. The Morgan fingerprint density at radius 1 is 0.636 bits per heavy atom. The molecule has 118 valence electrons. The zero-order valence-electron chi connectivity index (χ0n) is 13.4. The van der Waals surface area contributed by atoms with E-state index in [1.165, 1.54) is 0 Å². The third-order valence-corrected chi connectivity index (χ3v) is 5.09. The summed E-state index contributed by atoms with van der Waals surface area (Å²) in [5, 5.41) is 0. The monoisotopic (exact) mass is 334 g/mol. The van der Waals surface area contributed by atoms with Gasteiger partial charge in [-0.2, -0.15) is 0 Å². The maximum Gasteiger partial charge on any atom is 0.134 e. The minimum Gasteiger partial charge on any atom is -0.490 e. The van der Waals surface area contributed by atoms with Gasteiger partial charge in [-0.1, -0.05) is 24.3 Å². The highest BCUT2D eigenvalue weighted by molar-refractivity contribution is 8.76. The lowest BCUT2D eigenvalue weighted by Gasteiger charge is -2.15. The van der Waals surface area contributed by atoms with Crippen LogP contribution in [0.1, 0.15) is 27.7 Å². The first-order chi connectivity index (χ1) is 10.6. The lowest BCUT2D eigenvalue weighted by atomic mass is 10.3. The van der Waals surface area contributed by atoms with Crippen molar-refractivity contribution in [3.05, 3.63) is 48.5 Å². The summed E-state index contributed by atoms with van der Waals surface area (Å²) < 4.78 is 11.7. The van der Waals surface area contributed by atoms with Crippen molar-refractivity contribution in [2.75, 3.05) is 0 Å². The Kier molecular flexibility index (Phi) is 6.52. The Morgan fingerprint density at radius 2 is 1.00 bits per heavy atom. The number of rotatable bonds is 7. The average molecular weight is 335 g/mol. The fourth-order valence-electron chi connectivity index (χ4n) is 1.83. The molecule has 0 saturated heterocycles. The quantitative estimate of drug-likeness (QED) is 0.573. The van der Waals surface area contributed by atoms with Crippen LogP contribution in [0.3, 0.4) is 0 Å². The average Bonchev–Trinajstić information content (AvgIpc) is 2.46. The van der Waals surface area contributed by atoms with E-state index in [9.17, 15) is 0 Å². The topological polar surface area (TPSA) is 18.5 Å². The van der Waals surface area contributed by atoms with Gasteiger partial charge >= 0.3 is 0 Å². The molecule has 0 heterocycles. The van der Waals surface area contributed by atoms with Crippen LogP contribution in [-0.2, 0) is 0 Å². The molecular formula is C18H22O2S2. The highest BCUT2D eigenvalue weighted by atomic mass is 33.1. The maximum atomic E-state index is 5.86. The molecule has 4 heteroatoms. The summed E-state index contributed by atoms with van der Waals surface area (Å²) in [5.74, 6) is 1.86. The van der Waals surface area contributed by atoms with Crippen LogP contribution in [0, 0.1) is 0 Å². The van der Waals surface area contributed by atoms with Gasteiger partial charge in [-0.3, -0.25) is 0 Å². The van der Waals surface area contributed by atoms with Crippen molar-refractivity contribution >= 4 is 21.6 Å². The predicted octanol–water partition coefficient (Wildman–Crippen LogP) is 6.06. The molecule has 0 amide bonds. The molecule has 0 aromatic heterocycles. The summed E-state index contributed by atoms with van der Waals surface area (Å²) in [7, 11) is 3.39. The minimum absolute atomic E-state index is 0.170. The van der Waals surface area contributed by atoms with Gasteiger partial charge in [0.1, 0.15) is 11.5 Å². The molecule has 0 aliphatic carbocycles. The van der Waals surface area contributed by atoms with Crippen LogP contribution >= 0.6 is 21.6 Å². The highest BCUT2D eigenvalue weighted by Crippen LogP contribution is 2.45. The molecule has 2 aromatic rings. The minimum atomic E-state index is 0.170. The molecule has 0 unspecified atom stereocenters. The number of hydrogen-bond donors (Lipinski definition) is 0. The van der Waals surface area contributed by atoms with E-state index < -0.39 is 0 Å². The molecule has 0 spiro atoms. The highest BCUT2D eigenvalue weighted by Gasteiger charge is 2.10. The van der Waals surface area contributed by atoms with Gasteiger partial charge in [0.25, 0.3) is 0 Å². The number of benzene rings is 2. The molecule has 2 rings (SSSR count). The zero-order chi connectivity index (χ0) is 15.9. The summed E-state index contributed by atoms with van der Waals surface area (Å²) in [5.41, 5.74) is 0. The smallest absolute Gasteiger partial charge is 0.134 e. The lowest BCUT2D eigenvalue weighted by Crippen LogP contribution is -2.06. The van der Waals surface area contributed by atoms with Crippen LogP contribution in [-0.4, -0.2) is 12.2 Å². The summed E-state index contributed by atoms with van der Waals surface area (Å²) in [6, 6.07) is 16.3. The van der Waals surface area contributed by atoms with Crippen LogP contribution in [0.5, 0.6) is 11.5 Å². The first-order valence-corrected chi connectivity index (χ1v) is 9.57. The fourth-order valence-corrected chi connectivity index (χ4v) is 4.04. The Balaban J connectivity index is 2.10. The molecule has 0 fully saturated rings. The first kappa shape index (κ1) is 17.1. The zero-order valence-corrected chi connectivity index (χ0v) is 15.0. The Bertz CT molecular complexity index is 544. The SMILES string of the molecule is CC(C)Oc1ccccc1SSc1ccccc1OC(C)C. The molecule has 0 bridgehead atoms. The van der Waals surface area contributed by atoms with E-state index in [-0.39, 0.29) is 12.2 Å². The molecule has 2 nitrogen and oxygen atoms in total. The van der Waals surface area contributed by atoms with Gasteiger partial charge < -0.3 is 9.47 Å². The summed E-state index contributed by atoms with van der Waals surface area (Å²) >= 11 is 0. The van der Waals surface area contributed by atoms with Gasteiger partial charge in [0.2, 0.25) is 0 Å². The lowest BCUT2D eigenvalue weighted by molar-refractivity contribution is 0.236. The molecule has 0 radical (unpaired) electrons. The fraction of sp³-hybridized carbons (Fsp3) is 0.333. The van der Waals surface area contributed by atoms with Crippen LogP contribution in [0.2, 0.25) is 0 Å². The summed E-state index contributed by atoms with van der Waals surface area (Å²) in [4.78, 5) is 2.25. The third-order valence-electron chi connectivity index (χ3n) is 2.64. The van der Waals surface area contributed by atoms with Crippen molar-refractivity contribution in [3.8, 4) is 11.5 Å². The van der Waals surface area contributed by atoms with E-state index in [0.717, 1.165) is 21.3 Å². The van der Waals surface area contributed by atoms with Gasteiger partial charge in [0.05, 0.1) is 22.0 Å². The molecule has 0 aliphatic rings. The third kappa shape index (κ3) is 5.18. The Morgan fingerprint density at radius 3 is 1.36 bits per heavy atom. The van der Waals surface area contributed by atoms with Crippen LogP contribution in [0.25, 0.3) is 0 Å². The molecule has 0 atom stereocenters. The van der Waals surface area contributed by atoms with E-state index >= 15 is 0 Å². The largest absolute Gasteiger partial charge is 0.490 e. The number of para-hydroxylation sites is 2. The van der Waals surface area contributed by atoms with Crippen molar-refractivity contribution in [3.63, 3.8) is 0 Å². The van der Waals surface area contributed by atoms with Crippen molar-refractivity contribution < 1.29 is 9.47 Å². The van der Waals surface area contributed by atoms with Crippen LogP contribution < -0.4 is 9.47 Å². The summed E-state index contributed by atoms with van der Waals surface area (Å²) in [6.07, 6.45) is 0.339. The van der Waals surface area contributed by atoms with E-state index in [1.54, 1.807) is 21.6 Å². The Labute approximate surface area is 141 Å². The van der Waals surface area contributed by atoms with Crippen LogP contribution in [0.15, 0.2) is 58.3 Å². The maximum absolute atomic E-state index is 5.86. The first-order valence-electron chi connectivity index (χ1n) is 7.42. The van der Waals surface area contributed by atoms with Gasteiger partial charge in [-0.05, 0) is 73.5 Å². The molecule has 0 aliphatic heterocycles. The molecule has 2 aromatic carbocycles. The normalized spacial score (nSPS) is 11.0. The van der Waals surface area contributed by atoms with Crippen LogP contribution in [0.4, 0.5) is 0 Å². The second kappa shape index (κ2) is 8.39. The van der Waals surface area contributed by atoms with E-state index in [2.05, 4.69) is 12.1 Å². The standard InChI is InChI=1S/C18H22O2S2/c1-13(2)19-15-9-5-7-11-17(15)21-22-18-12-8-6-10-16(18)20-14(3)4/h5-14H,1-4H3. The summed E-state index contributed by atoms with van der Waals surface area (Å²) in [6.45, 7) is 8.17. The van der Waals surface area contributed by atoms with Gasteiger partial charge in [-0.15, -0.1) is 0 Å². The molecule has 22 heavy (non-hydrogen) atoms. The van der Waals surface area contributed by atoms with Crippen molar-refractivity contribution in [1.82, 2.24) is 0 Å². The van der Waals surface area contributed by atoms with Gasteiger partial charge in [0.15, 0.2) is 0 Å². The van der Waals surface area contributed by atoms with Crippen molar-refractivity contribution in [2.45, 2.75) is 49.7 Å². The van der Waals surface area contributed by atoms with Gasteiger partial charge in [0, 0.05) is 0 Å². The van der Waals surface area contributed by atoms with E-state index in [1.807, 2.05) is 64.1 Å².